The number of hydrogen-bond acceptors (Lipinski definition) is 7. The van der Waals surface area contributed by atoms with Crippen molar-refractivity contribution in [1.29, 1.82) is 0 Å². The van der Waals surface area contributed by atoms with Gasteiger partial charge < -0.3 is 15.2 Å². The number of aromatic nitrogens is 2. The van der Waals surface area contributed by atoms with E-state index in [-0.39, 0.29) is 6.01 Å². The molecule has 0 saturated heterocycles. The Labute approximate surface area is 122 Å². The average Bonchev–Trinajstić information content (AvgIpc) is 2.48. The van der Waals surface area contributed by atoms with Crippen LogP contribution in [0.15, 0.2) is 41.5 Å². The topological polar surface area (TPSA) is 94.7 Å². The van der Waals surface area contributed by atoms with E-state index in [1.807, 2.05) is 30.3 Å². The minimum absolute atomic E-state index is 0.185. The number of hydrazone groups is 1. The molecular formula is C14H17N5O2. The molecule has 0 saturated carbocycles. The molecule has 0 aliphatic rings. The van der Waals surface area contributed by atoms with Crippen LogP contribution in [-0.4, -0.2) is 36.5 Å². The van der Waals surface area contributed by atoms with E-state index in [0.29, 0.717) is 24.8 Å². The number of anilines is 2. The van der Waals surface area contributed by atoms with Gasteiger partial charge in [0.15, 0.2) is 5.82 Å². The van der Waals surface area contributed by atoms with Crippen molar-refractivity contribution in [2.75, 3.05) is 31.5 Å². The van der Waals surface area contributed by atoms with E-state index in [4.69, 9.17) is 15.2 Å². The Morgan fingerprint density at radius 1 is 1.24 bits per heavy atom. The van der Waals surface area contributed by atoms with Gasteiger partial charge in [-0.15, -0.1) is 0 Å². The molecule has 0 amide bonds. The zero-order chi connectivity index (χ0) is 14.9. The van der Waals surface area contributed by atoms with Crippen molar-refractivity contribution in [1.82, 2.24) is 9.97 Å². The third kappa shape index (κ3) is 5.07. The highest BCUT2D eigenvalue weighted by Gasteiger charge is 2.03. The van der Waals surface area contributed by atoms with Crippen molar-refractivity contribution in [2.45, 2.75) is 0 Å². The first-order valence-corrected chi connectivity index (χ1v) is 6.38. The number of nitrogens with zero attached hydrogens (tertiary/aromatic N) is 3. The first kappa shape index (κ1) is 14.7. The molecule has 2 rings (SSSR count). The van der Waals surface area contributed by atoms with Gasteiger partial charge in [0.2, 0.25) is 0 Å². The Bertz CT molecular complexity index is 589. The number of benzene rings is 1. The van der Waals surface area contributed by atoms with Crippen LogP contribution in [-0.2, 0) is 4.74 Å². The Balaban J connectivity index is 1.97. The van der Waals surface area contributed by atoms with Gasteiger partial charge in [0.05, 0.1) is 12.8 Å². The molecule has 0 bridgehead atoms. The molecule has 0 spiro atoms. The fourth-order valence-corrected chi connectivity index (χ4v) is 1.49. The second kappa shape index (κ2) is 7.81. The molecule has 0 fully saturated rings. The summed E-state index contributed by atoms with van der Waals surface area (Å²) in [5, 5.41) is 4.09. The fraction of sp³-hybridized carbons (Fsp3) is 0.214. The molecule has 1 aromatic carbocycles. The number of nitrogen functional groups attached to an aromatic ring is 1. The molecule has 7 heteroatoms. The third-order valence-corrected chi connectivity index (χ3v) is 2.44. The van der Waals surface area contributed by atoms with Crippen LogP contribution in [0, 0.1) is 0 Å². The van der Waals surface area contributed by atoms with Gasteiger partial charge in [-0.25, -0.2) is 0 Å². The third-order valence-electron chi connectivity index (χ3n) is 2.44. The standard InChI is InChI=1S/C14H17N5O2/c1-20-7-8-21-14-17-12(15)9-13(18-14)19-16-10-11-5-3-2-4-6-11/h2-6,9-10H,7-8H2,1H3,(H3,15,17,18,19)/b16-10+. The fourth-order valence-electron chi connectivity index (χ4n) is 1.49. The SMILES string of the molecule is COCCOc1nc(N)cc(N/N=C/c2ccccc2)n1. The number of hydrogen-bond donors (Lipinski definition) is 2. The zero-order valence-electron chi connectivity index (χ0n) is 11.7. The predicted octanol–water partition coefficient (Wildman–Crippen LogP) is 1.53. The molecule has 0 radical (unpaired) electrons. The van der Waals surface area contributed by atoms with Crippen molar-refractivity contribution < 1.29 is 9.47 Å². The molecule has 21 heavy (non-hydrogen) atoms. The summed E-state index contributed by atoms with van der Waals surface area (Å²) < 4.78 is 10.2. The van der Waals surface area contributed by atoms with Crippen LogP contribution in [0.25, 0.3) is 0 Å². The number of nitrogens with two attached hydrogens (primary N) is 1. The summed E-state index contributed by atoms with van der Waals surface area (Å²) >= 11 is 0. The number of rotatable bonds is 7. The summed E-state index contributed by atoms with van der Waals surface area (Å²) in [6.07, 6.45) is 1.68. The Hall–Kier alpha value is -2.67. The molecule has 0 unspecified atom stereocenters. The van der Waals surface area contributed by atoms with Crippen molar-refractivity contribution >= 4 is 17.9 Å². The average molecular weight is 287 g/mol. The van der Waals surface area contributed by atoms with Gasteiger partial charge in [-0.05, 0) is 5.56 Å². The summed E-state index contributed by atoms with van der Waals surface area (Å²) in [6.45, 7) is 0.805. The summed E-state index contributed by atoms with van der Waals surface area (Å²) in [5.41, 5.74) is 9.46. The molecule has 0 aliphatic carbocycles. The predicted molar refractivity (Wildman–Crippen MR) is 81.5 cm³/mol. The van der Waals surface area contributed by atoms with E-state index in [1.165, 1.54) is 0 Å². The summed E-state index contributed by atoms with van der Waals surface area (Å²) in [7, 11) is 1.59. The summed E-state index contributed by atoms with van der Waals surface area (Å²) in [6, 6.07) is 11.5. The molecule has 0 aliphatic heterocycles. The minimum atomic E-state index is 0.185. The maximum absolute atomic E-state index is 5.69. The van der Waals surface area contributed by atoms with Crippen LogP contribution in [0.3, 0.4) is 0 Å². The zero-order valence-corrected chi connectivity index (χ0v) is 11.7. The lowest BCUT2D eigenvalue weighted by Gasteiger charge is -2.06. The van der Waals surface area contributed by atoms with E-state index >= 15 is 0 Å². The van der Waals surface area contributed by atoms with E-state index in [2.05, 4.69) is 20.5 Å². The highest BCUT2D eigenvalue weighted by atomic mass is 16.5. The van der Waals surface area contributed by atoms with Gasteiger partial charge in [-0.2, -0.15) is 15.1 Å². The normalized spacial score (nSPS) is 10.7. The van der Waals surface area contributed by atoms with E-state index < -0.39 is 0 Å². The van der Waals surface area contributed by atoms with Crippen LogP contribution in [0.1, 0.15) is 5.56 Å². The molecule has 110 valence electrons. The molecule has 3 N–H and O–H groups in total. The maximum Gasteiger partial charge on any atom is 0.320 e. The second-order valence-corrected chi connectivity index (χ2v) is 4.08. The van der Waals surface area contributed by atoms with Gasteiger partial charge in [-0.3, -0.25) is 5.43 Å². The van der Waals surface area contributed by atoms with E-state index in [1.54, 1.807) is 19.4 Å². The molecule has 2 aromatic rings. The lowest BCUT2D eigenvalue weighted by Crippen LogP contribution is -2.08. The number of nitrogens with one attached hydrogen (secondary N) is 1. The van der Waals surface area contributed by atoms with Crippen molar-refractivity contribution in [3.8, 4) is 6.01 Å². The summed E-state index contributed by atoms with van der Waals surface area (Å²) in [5.74, 6) is 0.761. The first-order chi connectivity index (χ1) is 10.3. The van der Waals surface area contributed by atoms with Crippen LogP contribution in [0.2, 0.25) is 0 Å². The smallest absolute Gasteiger partial charge is 0.320 e. The van der Waals surface area contributed by atoms with Gasteiger partial charge in [0.25, 0.3) is 0 Å². The van der Waals surface area contributed by atoms with Gasteiger partial charge >= 0.3 is 6.01 Å². The first-order valence-electron chi connectivity index (χ1n) is 6.38. The minimum Gasteiger partial charge on any atom is -0.461 e. The summed E-state index contributed by atoms with van der Waals surface area (Å²) in [4.78, 5) is 8.11. The Kier molecular flexibility index (Phi) is 5.48. The van der Waals surface area contributed by atoms with Crippen LogP contribution >= 0.6 is 0 Å². The van der Waals surface area contributed by atoms with Crippen LogP contribution in [0.4, 0.5) is 11.6 Å². The van der Waals surface area contributed by atoms with Crippen molar-refractivity contribution in [3.05, 3.63) is 42.0 Å². The quantitative estimate of drug-likeness (QED) is 0.455. The molecule has 1 aromatic heterocycles. The van der Waals surface area contributed by atoms with E-state index in [0.717, 1.165) is 5.56 Å². The monoisotopic (exact) mass is 287 g/mol. The van der Waals surface area contributed by atoms with Gasteiger partial charge in [0.1, 0.15) is 12.4 Å². The number of ether oxygens (including phenoxy) is 2. The lowest BCUT2D eigenvalue weighted by atomic mass is 10.2. The van der Waals surface area contributed by atoms with Gasteiger partial charge in [0, 0.05) is 13.2 Å². The lowest BCUT2D eigenvalue weighted by molar-refractivity contribution is 0.141. The second-order valence-electron chi connectivity index (χ2n) is 4.08. The number of methoxy groups -OCH3 is 1. The van der Waals surface area contributed by atoms with Crippen molar-refractivity contribution in [3.63, 3.8) is 0 Å². The molecular weight excluding hydrogens is 270 g/mol. The highest BCUT2D eigenvalue weighted by molar-refractivity contribution is 5.79. The molecule has 7 nitrogen and oxygen atoms in total. The van der Waals surface area contributed by atoms with E-state index in [9.17, 15) is 0 Å². The van der Waals surface area contributed by atoms with Gasteiger partial charge in [-0.1, -0.05) is 30.3 Å². The maximum atomic E-state index is 5.69. The molecule has 1 heterocycles. The van der Waals surface area contributed by atoms with Crippen molar-refractivity contribution in [2.24, 2.45) is 5.10 Å². The highest BCUT2D eigenvalue weighted by Crippen LogP contribution is 2.13. The Morgan fingerprint density at radius 3 is 2.81 bits per heavy atom. The van der Waals surface area contributed by atoms with Crippen LogP contribution in [0.5, 0.6) is 6.01 Å². The Morgan fingerprint density at radius 2 is 2.05 bits per heavy atom. The largest absolute Gasteiger partial charge is 0.461 e. The van der Waals surface area contributed by atoms with Crippen LogP contribution < -0.4 is 15.9 Å². The molecule has 0 atom stereocenters.